The lowest BCUT2D eigenvalue weighted by atomic mass is 9.87. The Bertz CT molecular complexity index is 926. The Labute approximate surface area is 198 Å². The van der Waals surface area contributed by atoms with E-state index < -0.39 is 0 Å². The molecule has 1 saturated heterocycles. The zero-order valence-electron chi connectivity index (χ0n) is 20.5. The second-order valence-electron chi connectivity index (χ2n) is 9.88. The van der Waals surface area contributed by atoms with Crippen LogP contribution in [0.2, 0.25) is 0 Å². The molecule has 0 unspecified atom stereocenters. The van der Waals surface area contributed by atoms with Crippen LogP contribution in [0.15, 0.2) is 48.5 Å². The molecule has 0 saturated carbocycles. The molecule has 2 aromatic rings. The number of aryl methyl sites for hydroxylation is 1. The molecule has 1 fully saturated rings. The van der Waals surface area contributed by atoms with Crippen LogP contribution in [0.25, 0.3) is 0 Å². The van der Waals surface area contributed by atoms with Crippen LogP contribution >= 0.6 is 0 Å². The van der Waals surface area contributed by atoms with Crippen molar-refractivity contribution in [2.75, 3.05) is 50.7 Å². The van der Waals surface area contributed by atoms with E-state index in [1.807, 2.05) is 24.3 Å². The summed E-state index contributed by atoms with van der Waals surface area (Å²) in [5, 5.41) is 5.61. The number of amides is 2. The highest BCUT2D eigenvalue weighted by molar-refractivity contribution is 5.96. The summed E-state index contributed by atoms with van der Waals surface area (Å²) in [6.07, 6.45) is 0.901. The van der Waals surface area contributed by atoms with Gasteiger partial charge >= 0.3 is 0 Å². The van der Waals surface area contributed by atoms with E-state index >= 15 is 0 Å². The molecule has 1 aliphatic heterocycles. The summed E-state index contributed by atoms with van der Waals surface area (Å²) in [7, 11) is 0. The summed E-state index contributed by atoms with van der Waals surface area (Å²) in [5.41, 5.74) is 4.38. The number of nitrogens with one attached hydrogen (secondary N) is 2. The highest BCUT2D eigenvalue weighted by Crippen LogP contribution is 2.22. The van der Waals surface area contributed by atoms with Gasteiger partial charge in [-0.05, 0) is 60.7 Å². The average molecular weight is 451 g/mol. The van der Waals surface area contributed by atoms with Gasteiger partial charge in [-0.2, -0.15) is 0 Å². The van der Waals surface area contributed by atoms with Gasteiger partial charge in [0.2, 0.25) is 5.91 Å². The van der Waals surface area contributed by atoms with Crippen LogP contribution in [0.4, 0.5) is 5.69 Å². The number of rotatable bonds is 8. The molecule has 0 spiro atoms. The molecule has 3 rings (SSSR count). The molecule has 33 heavy (non-hydrogen) atoms. The van der Waals surface area contributed by atoms with Gasteiger partial charge in [0, 0.05) is 44.0 Å². The van der Waals surface area contributed by atoms with Crippen molar-refractivity contribution in [1.82, 2.24) is 15.5 Å². The largest absolute Gasteiger partial charge is 0.369 e. The number of hydrogen-bond donors (Lipinski definition) is 2. The molecule has 2 N–H and O–H groups in total. The molecule has 0 atom stereocenters. The monoisotopic (exact) mass is 450 g/mol. The minimum Gasteiger partial charge on any atom is -0.369 e. The van der Waals surface area contributed by atoms with Gasteiger partial charge in [0.05, 0.1) is 6.54 Å². The zero-order valence-corrected chi connectivity index (χ0v) is 20.5. The van der Waals surface area contributed by atoms with Gasteiger partial charge < -0.3 is 15.5 Å². The maximum absolute atomic E-state index is 12.3. The van der Waals surface area contributed by atoms with Gasteiger partial charge in [0.1, 0.15) is 0 Å². The van der Waals surface area contributed by atoms with Crippen molar-refractivity contribution in [1.29, 1.82) is 0 Å². The molecule has 2 amide bonds. The molecule has 1 aliphatic rings. The number of carbonyl (C=O) groups is 2. The summed E-state index contributed by atoms with van der Waals surface area (Å²) in [6.45, 7) is 14.2. The summed E-state index contributed by atoms with van der Waals surface area (Å²) in [6, 6.07) is 16.2. The first kappa shape index (κ1) is 24.8. The van der Waals surface area contributed by atoms with Crippen molar-refractivity contribution in [3.63, 3.8) is 0 Å². The standard InChI is InChI=1S/C27H38N4O2/c1-21-7-5-8-24(19-21)31-17-15-30(16-18-31)14-6-13-28-25(32)20-29-26(33)22-9-11-23(12-10-22)27(2,3)4/h5,7-12,19H,6,13-18,20H2,1-4H3,(H,28,32)(H,29,33). The van der Waals surface area contributed by atoms with Crippen LogP contribution in [0, 0.1) is 6.92 Å². The molecule has 6 nitrogen and oxygen atoms in total. The lowest BCUT2D eigenvalue weighted by Gasteiger charge is -2.36. The lowest BCUT2D eigenvalue weighted by molar-refractivity contribution is -0.120. The minimum absolute atomic E-state index is 0.00494. The number of carbonyl (C=O) groups excluding carboxylic acids is 2. The third kappa shape index (κ3) is 7.60. The van der Waals surface area contributed by atoms with E-state index in [2.05, 4.69) is 72.4 Å². The zero-order chi connectivity index (χ0) is 23.8. The number of hydrogen-bond acceptors (Lipinski definition) is 4. The number of piperazine rings is 1. The Balaban J connectivity index is 1.29. The molecule has 1 heterocycles. The highest BCUT2D eigenvalue weighted by atomic mass is 16.2. The Hall–Kier alpha value is -2.86. The van der Waals surface area contributed by atoms with E-state index in [-0.39, 0.29) is 23.8 Å². The second-order valence-corrected chi connectivity index (χ2v) is 9.88. The SMILES string of the molecule is Cc1cccc(N2CCN(CCCNC(=O)CNC(=O)c3ccc(C(C)(C)C)cc3)CC2)c1. The minimum atomic E-state index is -0.225. The predicted octanol–water partition coefficient (Wildman–Crippen LogP) is 3.35. The molecule has 0 aliphatic carbocycles. The van der Waals surface area contributed by atoms with Gasteiger partial charge in [-0.15, -0.1) is 0 Å². The highest BCUT2D eigenvalue weighted by Gasteiger charge is 2.17. The number of nitrogens with zero attached hydrogens (tertiary/aromatic N) is 2. The van der Waals surface area contributed by atoms with Gasteiger partial charge in [0.25, 0.3) is 5.91 Å². The molecule has 6 heteroatoms. The van der Waals surface area contributed by atoms with E-state index in [0.717, 1.165) is 39.1 Å². The smallest absolute Gasteiger partial charge is 0.251 e. The fourth-order valence-corrected chi connectivity index (χ4v) is 4.03. The first-order valence-electron chi connectivity index (χ1n) is 11.9. The topological polar surface area (TPSA) is 64.7 Å². The summed E-state index contributed by atoms with van der Waals surface area (Å²) < 4.78 is 0. The first-order chi connectivity index (χ1) is 15.7. The third-order valence-corrected chi connectivity index (χ3v) is 6.13. The molecule has 0 bridgehead atoms. The molecular weight excluding hydrogens is 412 g/mol. The van der Waals surface area contributed by atoms with E-state index in [1.54, 1.807) is 0 Å². The third-order valence-electron chi connectivity index (χ3n) is 6.13. The van der Waals surface area contributed by atoms with Gasteiger partial charge in [0.15, 0.2) is 0 Å². The predicted molar refractivity (Wildman–Crippen MR) is 135 cm³/mol. The van der Waals surface area contributed by atoms with E-state index in [1.165, 1.54) is 16.8 Å². The Morgan fingerprint density at radius 2 is 1.64 bits per heavy atom. The Morgan fingerprint density at radius 3 is 2.27 bits per heavy atom. The van der Waals surface area contributed by atoms with E-state index in [0.29, 0.717) is 12.1 Å². The normalized spacial score (nSPS) is 14.7. The molecule has 2 aromatic carbocycles. The summed E-state index contributed by atoms with van der Waals surface area (Å²) in [5.74, 6) is -0.379. The molecular formula is C27H38N4O2. The molecule has 178 valence electrons. The Morgan fingerprint density at radius 1 is 0.939 bits per heavy atom. The number of anilines is 1. The van der Waals surface area contributed by atoms with Crippen molar-refractivity contribution in [2.24, 2.45) is 0 Å². The van der Waals surface area contributed by atoms with Crippen molar-refractivity contribution in [3.8, 4) is 0 Å². The van der Waals surface area contributed by atoms with Gasteiger partial charge in [-0.25, -0.2) is 0 Å². The van der Waals surface area contributed by atoms with Crippen molar-refractivity contribution in [2.45, 2.75) is 39.5 Å². The average Bonchev–Trinajstić information content (AvgIpc) is 2.80. The van der Waals surface area contributed by atoms with Gasteiger partial charge in [-0.3, -0.25) is 14.5 Å². The number of benzene rings is 2. The first-order valence-corrected chi connectivity index (χ1v) is 11.9. The quantitative estimate of drug-likeness (QED) is 0.606. The van der Waals surface area contributed by atoms with E-state index in [9.17, 15) is 9.59 Å². The maximum Gasteiger partial charge on any atom is 0.251 e. The summed E-state index contributed by atoms with van der Waals surface area (Å²) in [4.78, 5) is 29.3. The van der Waals surface area contributed by atoms with Crippen LogP contribution in [-0.4, -0.2) is 62.5 Å². The Kier molecular flexibility index (Phi) is 8.50. The second kappa shape index (κ2) is 11.3. The fourth-order valence-electron chi connectivity index (χ4n) is 4.03. The maximum atomic E-state index is 12.3. The fraction of sp³-hybridized carbons (Fsp3) is 0.481. The van der Waals surface area contributed by atoms with Crippen LogP contribution in [-0.2, 0) is 10.2 Å². The van der Waals surface area contributed by atoms with Crippen molar-refractivity contribution in [3.05, 3.63) is 65.2 Å². The van der Waals surface area contributed by atoms with Crippen LogP contribution in [0.5, 0.6) is 0 Å². The van der Waals surface area contributed by atoms with Crippen LogP contribution < -0.4 is 15.5 Å². The van der Waals surface area contributed by atoms with Crippen LogP contribution in [0.1, 0.15) is 48.7 Å². The van der Waals surface area contributed by atoms with Crippen molar-refractivity contribution < 1.29 is 9.59 Å². The van der Waals surface area contributed by atoms with Crippen molar-refractivity contribution >= 4 is 17.5 Å². The van der Waals surface area contributed by atoms with Gasteiger partial charge in [-0.1, -0.05) is 45.0 Å². The molecule has 0 aromatic heterocycles. The molecule has 0 radical (unpaired) electrons. The van der Waals surface area contributed by atoms with Crippen LogP contribution in [0.3, 0.4) is 0 Å². The summed E-state index contributed by atoms with van der Waals surface area (Å²) >= 11 is 0. The van der Waals surface area contributed by atoms with E-state index in [4.69, 9.17) is 0 Å². The lowest BCUT2D eigenvalue weighted by Crippen LogP contribution is -2.47.